The Morgan fingerprint density at radius 1 is 1.00 bits per heavy atom. The van der Waals surface area contributed by atoms with Crippen molar-refractivity contribution in [2.24, 2.45) is 0 Å². The van der Waals surface area contributed by atoms with Gasteiger partial charge in [-0.15, -0.1) is 0 Å². The second-order valence-corrected chi connectivity index (χ2v) is 6.70. The summed E-state index contributed by atoms with van der Waals surface area (Å²) in [5, 5.41) is 9.70. The van der Waals surface area contributed by atoms with Crippen LogP contribution in [0.4, 0.5) is 0 Å². The molecular formula is C12H27O4P. The fourth-order valence-electron chi connectivity index (χ4n) is 1.76. The quantitative estimate of drug-likeness (QED) is 0.454. The Balaban J connectivity index is 3.57. The Labute approximate surface area is 105 Å². The minimum Gasteiger partial charge on any atom is -0.380 e. The van der Waals surface area contributed by atoms with E-state index in [4.69, 9.17) is 9.05 Å². The van der Waals surface area contributed by atoms with Crippen molar-refractivity contribution in [2.75, 3.05) is 14.2 Å². The molecule has 0 aliphatic carbocycles. The molecule has 5 heteroatoms. The van der Waals surface area contributed by atoms with Gasteiger partial charge in [-0.1, -0.05) is 51.9 Å². The van der Waals surface area contributed by atoms with E-state index < -0.39 is 13.4 Å². The molecule has 0 heterocycles. The fraction of sp³-hybridized carbons (Fsp3) is 1.00. The van der Waals surface area contributed by atoms with Crippen molar-refractivity contribution in [3.8, 4) is 0 Å². The molecule has 1 atom stereocenters. The molecule has 0 aromatic heterocycles. The highest BCUT2D eigenvalue weighted by Crippen LogP contribution is 2.51. The summed E-state index contributed by atoms with van der Waals surface area (Å²) in [7, 11) is -0.675. The molecule has 0 aromatic carbocycles. The maximum Gasteiger partial charge on any atom is 0.358 e. The van der Waals surface area contributed by atoms with Gasteiger partial charge in [0.15, 0.2) is 5.85 Å². The Kier molecular flexibility index (Phi) is 10.1. The molecule has 0 saturated carbocycles. The van der Waals surface area contributed by atoms with E-state index in [0.29, 0.717) is 6.42 Å². The van der Waals surface area contributed by atoms with Gasteiger partial charge in [-0.2, -0.15) is 0 Å². The van der Waals surface area contributed by atoms with Crippen LogP contribution in [0, 0.1) is 0 Å². The highest BCUT2D eigenvalue weighted by atomic mass is 31.2. The molecule has 17 heavy (non-hydrogen) atoms. The number of hydrogen-bond donors (Lipinski definition) is 1. The molecule has 0 fully saturated rings. The van der Waals surface area contributed by atoms with Gasteiger partial charge in [0.25, 0.3) is 0 Å². The first-order valence-electron chi connectivity index (χ1n) is 6.50. The summed E-state index contributed by atoms with van der Waals surface area (Å²) in [4.78, 5) is 0. The van der Waals surface area contributed by atoms with Gasteiger partial charge in [-0.05, 0) is 6.42 Å². The van der Waals surface area contributed by atoms with Crippen LogP contribution in [0.1, 0.15) is 58.3 Å². The second kappa shape index (κ2) is 10.1. The lowest BCUT2D eigenvalue weighted by atomic mass is 10.1. The SMILES string of the molecule is CCCCCCCCC[C@H](O)P(=O)(OC)OC. The summed E-state index contributed by atoms with van der Waals surface area (Å²) in [6, 6.07) is 0. The summed E-state index contributed by atoms with van der Waals surface area (Å²) in [6.45, 7) is 2.20. The Morgan fingerprint density at radius 2 is 1.47 bits per heavy atom. The molecule has 0 bridgehead atoms. The molecular weight excluding hydrogens is 239 g/mol. The fourth-order valence-corrected chi connectivity index (χ4v) is 2.89. The van der Waals surface area contributed by atoms with Crippen LogP contribution in [-0.4, -0.2) is 25.2 Å². The number of hydrogen-bond acceptors (Lipinski definition) is 4. The normalized spacial score (nSPS) is 13.9. The Hall–Kier alpha value is 0.110. The smallest absolute Gasteiger partial charge is 0.358 e. The van der Waals surface area contributed by atoms with Crippen LogP contribution in [0.25, 0.3) is 0 Å². The van der Waals surface area contributed by atoms with Gasteiger partial charge in [-0.25, -0.2) is 0 Å². The van der Waals surface area contributed by atoms with Crippen molar-refractivity contribution in [1.29, 1.82) is 0 Å². The first kappa shape index (κ1) is 17.1. The lowest BCUT2D eigenvalue weighted by Gasteiger charge is -2.19. The van der Waals surface area contributed by atoms with Gasteiger partial charge in [0, 0.05) is 14.2 Å². The summed E-state index contributed by atoms with van der Waals surface area (Å²) in [6.07, 6.45) is 8.67. The largest absolute Gasteiger partial charge is 0.380 e. The van der Waals surface area contributed by atoms with Gasteiger partial charge in [0.1, 0.15) is 0 Å². The molecule has 104 valence electrons. The molecule has 0 unspecified atom stereocenters. The van der Waals surface area contributed by atoms with Crippen molar-refractivity contribution >= 4 is 7.60 Å². The van der Waals surface area contributed by atoms with Gasteiger partial charge in [-0.3, -0.25) is 4.57 Å². The van der Waals surface area contributed by atoms with Crippen LogP contribution in [0.2, 0.25) is 0 Å². The zero-order chi connectivity index (χ0) is 13.1. The van der Waals surface area contributed by atoms with E-state index in [0.717, 1.165) is 12.8 Å². The van der Waals surface area contributed by atoms with Gasteiger partial charge < -0.3 is 14.2 Å². The van der Waals surface area contributed by atoms with Gasteiger partial charge >= 0.3 is 7.60 Å². The predicted octanol–water partition coefficient (Wildman–Crippen LogP) is 3.93. The number of aliphatic hydroxyl groups excluding tert-OH is 1. The van der Waals surface area contributed by atoms with E-state index in [2.05, 4.69) is 6.92 Å². The predicted molar refractivity (Wildman–Crippen MR) is 70.2 cm³/mol. The molecule has 0 spiro atoms. The molecule has 0 rings (SSSR count). The standard InChI is InChI=1S/C12H27O4P/c1-4-5-6-7-8-9-10-11-12(13)17(14,15-2)16-3/h12-13H,4-11H2,1-3H3/t12-/m1/s1. The zero-order valence-electron chi connectivity index (χ0n) is 11.4. The first-order chi connectivity index (χ1) is 8.10. The number of rotatable bonds is 11. The third kappa shape index (κ3) is 7.20. The van der Waals surface area contributed by atoms with E-state index in [9.17, 15) is 9.67 Å². The summed E-state index contributed by atoms with van der Waals surface area (Å²) in [5.41, 5.74) is 0. The van der Waals surface area contributed by atoms with E-state index >= 15 is 0 Å². The lowest BCUT2D eigenvalue weighted by molar-refractivity contribution is 0.165. The van der Waals surface area contributed by atoms with E-state index in [1.165, 1.54) is 46.3 Å². The molecule has 0 saturated heterocycles. The average molecular weight is 266 g/mol. The maximum absolute atomic E-state index is 11.8. The van der Waals surface area contributed by atoms with Crippen molar-refractivity contribution in [2.45, 2.75) is 64.1 Å². The molecule has 0 aromatic rings. The van der Waals surface area contributed by atoms with Crippen LogP contribution in [0.5, 0.6) is 0 Å². The average Bonchev–Trinajstić information content (AvgIpc) is 2.36. The highest BCUT2D eigenvalue weighted by Gasteiger charge is 2.31. The van der Waals surface area contributed by atoms with Crippen molar-refractivity contribution < 1.29 is 18.7 Å². The van der Waals surface area contributed by atoms with Crippen molar-refractivity contribution in [3.63, 3.8) is 0 Å². The summed E-state index contributed by atoms with van der Waals surface area (Å²) < 4.78 is 21.2. The minimum atomic E-state index is -3.28. The third-order valence-electron chi connectivity index (χ3n) is 2.94. The first-order valence-corrected chi connectivity index (χ1v) is 8.11. The molecule has 0 aliphatic rings. The summed E-state index contributed by atoms with van der Waals surface area (Å²) in [5.74, 6) is -0.992. The monoisotopic (exact) mass is 266 g/mol. The highest BCUT2D eigenvalue weighted by molar-refractivity contribution is 7.54. The third-order valence-corrected chi connectivity index (χ3v) is 4.95. The van der Waals surface area contributed by atoms with Crippen LogP contribution in [-0.2, 0) is 13.6 Å². The minimum absolute atomic E-state index is 0.479. The number of unbranched alkanes of at least 4 members (excludes halogenated alkanes) is 6. The van der Waals surface area contributed by atoms with Crippen LogP contribution in [0.15, 0.2) is 0 Å². The number of aliphatic hydroxyl groups is 1. The van der Waals surface area contributed by atoms with Gasteiger partial charge in [0.2, 0.25) is 0 Å². The summed E-state index contributed by atoms with van der Waals surface area (Å²) >= 11 is 0. The Morgan fingerprint density at radius 3 is 1.94 bits per heavy atom. The van der Waals surface area contributed by atoms with E-state index in [1.54, 1.807) is 0 Å². The second-order valence-electron chi connectivity index (χ2n) is 4.30. The topological polar surface area (TPSA) is 55.8 Å². The van der Waals surface area contributed by atoms with E-state index in [-0.39, 0.29) is 0 Å². The molecule has 1 N–H and O–H groups in total. The van der Waals surface area contributed by atoms with Crippen LogP contribution in [0.3, 0.4) is 0 Å². The van der Waals surface area contributed by atoms with Gasteiger partial charge in [0.05, 0.1) is 0 Å². The molecule has 0 radical (unpaired) electrons. The lowest BCUT2D eigenvalue weighted by Crippen LogP contribution is -2.10. The van der Waals surface area contributed by atoms with Crippen LogP contribution >= 0.6 is 7.60 Å². The van der Waals surface area contributed by atoms with E-state index in [1.807, 2.05) is 0 Å². The van der Waals surface area contributed by atoms with Crippen LogP contribution < -0.4 is 0 Å². The maximum atomic E-state index is 11.8. The van der Waals surface area contributed by atoms with Crippen molar-refractivity contribution in [3.05, 3.63) is 0 Å². The Bertz CT molecular complexity index is 213. The molecule has 0 aliphatic heterocycles. The molecule has 4 nitrogen and oxygen atoms in total. The van der Waals surface area contributed by atoms with Crippen molar-refractivity contribution in [1.82, 2.24) is 0 Å². The molecule has 0 amide bonds. The zero-order valence-corrected chi connectivity index (χ0v) is 12.2.